The van der Waals surface area contributed by atoms with Crippen molar-refractivity contribution in [3.05, 3.63) is 75.8 Å². The van der Waals surface area contributed by atoms with Crippen LogP contribution in [0.5, 0.6) is 11.5 Å². The summed E-state index contributed by atoms with van der Waals surface area (Å²) in [5.74, 6) is -3.25. The van der Waals surface area contributed by atoms with Gasteiger partial charge in [-0.05, 0) is 42.0 Å². The highest BCUT2D eigenvalue weighted by atomic mass is 19.1. The lowest BCUT2D eigenvalue weighted by Gasteiger charge is -2.13. The molecule has 0 radical (unpaired) electrons. The number of nitrogens with two attached hydrogens (primary N) is 1. The van der Waals surface area contributed by atoms with E-state index >= 15 is 0 Å². The van der Waals surface area contributed by atoms with Gasteiger partial charge >= 0.3 is 11.9 Å². The fraction of sp³-hybridized carbons (Fsp3) is 0. The summed E-state index contributed by atoms with van der Waals surface area (Å²) in [5, 5.41) is 18.8. The molecule has 0 bridgehead atoms. The summed E-state index contributed by atoms with van der Waals surface area (Å²) in [6, 6.07) is 11.0. The summed E-state index contributed by atoms with van der Waals surface area (Å²) in [7, 11) is 0. The molecule has 0 unspecified atom stereocenters. The lowest BCUT2D eigenvalue weighted by atomic mass is 9.95. The van der Waals surface area contributed by atoms with E-state index in [1.807, 2.05) is 4.98 Å². The van der Waals surface area contributed by atoms with Crippen molar-refractivity contribution < 1.29 is 28.9 Å². The molecule has 0 spiro atoms. The van der Waals surface area contributed by atoms with Crippen LogP contribution in [0.2, 0.25) is 0 Å². The van der Waals surface area contributed by atoms with E-state index in [1.54, 1.807) is 0 Å². The third-order valence-corrected chi connectivity index (χ3v) is 3.86. The van der Waals surface area contributed by atoms with Crippen LogP contribution < -0.4 is 16.0 Å². The number of carboxylic acid groups (broad SMARTS) is 2. The van der Waals surface area contributed by atoms with E-state index in [9.17, 15) is 29.0 Å². The number of hydrogen-bond donors (Lipinski definition) is 4. The summed E-state index contributed by atoms with van der Waals surface area (Å²) < 4.78 is 18.5. The van der Waals surface area contributed by atoms with Crippen LogP contribution in [0.25, 0.3) is 11.1 Å². The lowest BCUT2D eigenvalue weighted by Crippen LogP contribution is -2.24. The SMILES string of the molecule is Nc1[nH]c(=O)c(C(=O)O)c(-c2ccc(Oc3ccc(F)cc3)cc2)c1C(=O)O. The summed E-state index contributed by atoms with van der Waals surface area (Å²) in [6.45, 7) is 0. The molecule has 0 aliphatic rings. The smallest absolute Gasteiger partial charge is 0.342 e. The number of carboxylic acids is 2. The number of ether oxygens (including phenoxy) is 1. The monoisotopic (exact) mass is 384 g/mol. The standard InChI is InChI=1S/C19H13FN2O6/c20-10-3-7-12(8-4-10)28-11-5-1-9(2-6-11)13-14(18(24)25)16(21)22-17(23)15(13)19(26)27/h1-8H,(H,24,25)(H,26,27)(H3,21,22,23). The minimum Gasteiger partial charge on any atom is -0.478 e. The average Bonchev–Trinajstić information content (AvgIpc) is 2.63. The van der Waals surface area contributed by atoms with E-state index in [0.717, 1.165) is 0 Å². The van der Waals surface area contributed by atoms with E-state index in [4.69, 9.17) is 10.5 Å². The van der Waals surface area contributed by atoms with Crippen molar-refractivity contribution in [3.63, 3.8) is 0 Å². The average molecular weight is 384 g/mol. The van der Waals surface area contributed by atoms with Gasteiger partial charge in [0.2, 0.25) is 0 Å². The number of halogens is 1. The number of aromatic carboxylic acids is 2. The molecule has 0 fully saturated rings. The minimum atomic E-state index is -1.59. The number of nitrogens with one attached hydrogen (secondary N) is 1. The molecule has 1 heterocycles. The Morgan fingerprint density at radius 3 is 1.89 bits per heavy atom. The van der Waals surface area contributed by atoms with Gasteiger partial charge in [0.1, 0.15) is 34.3 Å². The summed E-state index contributed by atoms with van der Waals surface area (Å²) >= 11 is 0. The minimum absolute atomic E-state index is 0.152. The van der Waals surface area contributed by atoms with Crippen LogP contribution in [0, 0.1) is 5.82 Å². The molecule has 3 rings (SSSR count). The Morgan fingerprint density at radius 1 is 0.893 bits per heavy atom. The maximum absolute atomic E-state index is 12.9. The molecule has 5 N–H and O–H groups in total. The lowest BCUT2D eigenvalue weighted by molar-refractivity contribution is 0.0695. The van der Waals surface area contributed by atoms with Crippen molar-refractivity contribution in [2.24, 2.45) is 0 Å². The fourth-order valence-electron chi connectivity index (χ4n) is 2.66. The molecule has 3 aromatic rings. The summed E-state index contributed by atoms with van der Waals surface area (Å²) in [4.78, 5) is 37.2. The van der Waals surface area contributed by atoms with Gasteiger partial charge in [0.25, 0.3) is 5.56 Å². The molecule has 0 atom stereocenters. The van der Waals surface area contributed by atoms with Crippen LogP contribution in [0.3, 0.4) is 0 Å². The maximum atomic E-state index is 12.9. The van der Waals surface area contributed by atoms with Crippen molar-refractivity contribution >= 4 is 17.8 Å². The second kappa shape index (κ2) is 7.23. The predicted octanol–water partition coefficient (Wildman–Crippen LogP) is 2.95. The summed E-state index contributed by atoms with van der Waals surface area (Å²) in [6.07, 6.45) is 0. The highest BCUT2D eigenvalue weighted by Crippen LogP contribution is 2.31. The number of carbonyl (C=O) groups is 2. The van der Waals surface area contributed by atoms with Crippen molar-refractivity contribution in [1.29, 1.82) is 0 Å². The Bertz CT molecular complexity index is 1120. The normalized spacial score (nSPS) is 10.5. The number of aromatic amines is 1. The number of anilines is 1. The Labute approximate surface area is 156 Å². The highest BCUT2D eigenvalue weighted by Gasteiger charge is 2.26. The fourth-order valence-corrected chi connectivity index (χ4v) is 2.66. The van der Waals surface area contributed by atoms with Crippen molar-refractivity contribution in [1.82, 2.24) is 4.98 Å². The van der Waals surface area contributed by atoms with E-state index < -0.39 is 40.3 Å². The first-order valence-corrected chi connectivity index (χ1v) is 7.84. The first kappa shape index (κ1) is 18.6. The Hall–Kier alpha value is -4.14. The zero-order chi connectivity index (χ0) is 20.4. The van der Waals surface area contributed by atoms with E-state index in [1.165, 1.54) is 48.5 Å². The number of H-pyrrole nitrogens is 1. The quantitative estimate of drug-likeness (QED) is 0.529. The maximum Gasteiger partial charge on any atom is 0.342 e. The van der Waals surface area contributed by atoms with Crippen LogP contribution in [0.1, 0.15) is 20.7 Å². The molecule has 0 saturated heterocycles. The molecule has 1 aromatic heterocycles. The molecule has 0 aliphatic carbocycles. The van der Waals surface area contributed by atoms with Gasteiger partial charge in [-0.15, -0.1) is 0 Å². The van der Waals surface area contributed by atoms with Gasteiger partial charge in [-0.3, -0.25) is 4.79 Å². The van der Waals surface area contributed by atoms with Crippen molar-refractivity contribution in [2.75, 3.05) is 5.73 Å². The Balaban J connectivity index is 2.08. The topological polar surface area (TPSA) is 143 Å². The zero-order valence-electron chi connectivity index (χ0n) is 14.1. The van der Waals surface area contributed by atoms with Gasteiger partial charge in [0, 0.05) is 5.56 Å². The first-order valence-electron chi connectivity index (χ1n) is 7.84. The number of benzene rings is 2. The van der Waals surface area contributed by atoms with Crippen LogP contribution >= 0.6 is 0 Å². The Morgan fingerprint density at radius 2 is 1.39 bits per heavy atom. The molecule has 0 aliphatic heterocycles. The van der Waals surface area contributed by atoms with Crippen LogP contribution in [0.15, 0.2) is 53.3 Å². The van der Waals surface area contributed by atoms with Gasteiger partial charge in [-0.25, -0.2) is 14.0 Å². The van der Waals surface area contributed by atoms with Crippen LogP contribution in [-0.4, -0.2) is 27.1 Å². The molecule has 9 heteroatoms. The van der Waals surface area contributed by atoms with E-state index in [0.29, 0.717) is 11.5 Å². The molecule has 2 aromatic carbocycles. The number of pyridine rings is 1. The molecule has 28 heavy (non-hydrogen) atoms. The third kappa shape index (κ3) is 3.54. The van der Waals surface area contributed by atoms with Gasteiger partial charge in [0.15, 0.2) is 0 Å². The number of aromatic nitrogens is 1. The van der Waals surface area contributed by atoms with Gasteiger partial charge in [-0.2, -0.15) is 0 Å². The highest BCUT2D eigenvalue weighted by molar-refractivity contribution is 6.07. The second-order valence-corrected chi connectivity index (χ2v) is 5.68. The zero-order valence-corrected chi connectivity index (χ0v) is 14.1. The molecule has 8 nitrogen and oxygen atoms in total. The molecule has 0 amide bonds. The van der Waals surface area contributed by atoms with E-state index in [-0.39, 0.29) is 11.1 Å². The number of nitrogen functional groups attached to an aromatic ring is 1. The van der Waals surface area contributed by atoms with Crippen LogP contribution in [0.4, 0.5) is 10.2 Å². The van der Waals surface area contributed by atoms with E-state index in [2.05, 4.69) is 0 Å². The van der Waals surface area contributed by atoms with Crippen molar-refractivity contribution in [3.8, 4) is 22.6 Å². The number of hydrogen-bond acceptors (Lipinski definition) is 5. The van der Waals surface area contributed by atoms with Gasteiger partial charge in [0.05, 0.1) is 0 Å². The third-order valence-electron chi connectivity index (χ3n) is 3.86. The predicted molar refractivity (Wildman–Crippen MR) is 97.3 cm³/mol. The first-order chi connectivity index (χ1) is 13.3. The summed E-state index contributed by atoms with van der Waals surface area (Å²) in [5.41, 5.74) is 3.15. The van der Waals surface area contributed by atoms with Gasteiger partial charge in [-0.1, -0.05) is 12.1 Å². The second-order valence-electron chi connectivity index (χ2n) is 5.68. The van der Waals surface area contributed by atoms with Crippen LogP contribution in [-0.2, 0) is 0 Å². The van der Waals surface area contributed by atoms with Crippen molar-refractivity contribution in [2.45, 2.75) is 0 Å². The largest absolute Gasteiger partial charge is 0.478 e. The molecule has 0 saturated carbocycles. The Kier molecular flexibility index (Phi) is 4.82. The molecular formula is C19H13FN2O6. The molecular weight excluding hydrogens is 371 g/mol. The number of rotatable bonds is 5. The molecule has 142 valence electrons. The van der Waals surface area contributed by atoms with Gasteiger partial charge < -0.3 is 25.7 Å².